The predicted molar refractivity (Wildman–Crippen MR) is 73.1 cm³/mol. The van der Waals surface area contributed by atoms with Crippen molar-refractivity contribution in [3.05, 3.63) is 17.7 Å². The summed E-state index contributed by atoms with van der Waals surface area (Å²) in [5, 5.41) is 0. The summed E-state index contributed by atoms with van der Waals surface area (Å²) in [5.41, 5.74) is 7.74. The number of anilines is 1. The van der Waals surface area contributed by atoms with Gasteiger partial charge in [-0.25, -0.2) is 0 Å². The van der Waals surface area contributed by atoms with Gasteiger partial charge in [-0.2, -0.15) is 0 Å². The predicted octanol–water partition coefficient (Wildman–Crippen LogP) is 2.27. The topological polar surface area (TPSA) is 47.7 Å². The first kappa shape index (κ1) is 13.0. The van der Waals surface area contributed by atoms with Gasteiger partial charge in [-0.3, -0.25) is 4.90 Å². The zero-order valence-corrected chi connectivity index (χ0v) is 11.2. The van der Waals surface area contributed by atoms with Crippen LogP contribution in [0.2, 0.25) is 0 Å². The first-order valence-electron chi connectivity index (χ1n) is 6.47. The molecule has 0 atom stereocenters. The largest absolute Gasteiger partial charge is 0.493 e. The highest BCUT2D eigenvalue weighted by Crippen LogP contribution is 2.34. The third-order valence-electron chi connectivity index (χ3n) is 3.42. The van der Waals surface area contributed by atoms with E-state index in [1.807, 2.05) is 6.07 Å². The molecule has 100 valence electrons. The maximum atomic E-state index is 5.91. The number of hydrogen-bond acceptors (Lipinski definition) is 4. The van der Waals surface area contributed by atoms with E-state index in [2.05, 4.69) is 4.90 Å². The fourth-order valence-corrected chi connectivity index (χ4v) is 2.54. The van der Waals surface area contributed by atoms with Crippen LogP contribution in [-0.4, -0.2) is 32.2 Å². The molecule has 1 saturated heterocycles. The van der Waals surface area contributed by atoms with Gasteiger partial charge in [0, 0.05) is 23.9 Å². The Hall–Kier alpha value is -1.42. The molecule has 2 rings (SSSR count). The quantitative estimate of drug-likeness (QED) is 0.833. The Morgan fingerprint density at radius 3 is 2.44 bits per heavy atom. The van der Waals surface area contributed by atoms with Crippen LogP contribution in [0.25, 0.3) is 0 Å². The number of benzene rings is 1. The Balaban J connectivity index is 2.21. The van der Waals surface area contributed by atoms with Crippen molar-refractivity contribution in [1.82, 2.24) is 4.90 Å². The Morgan fingerprint density at radius 2 is 1.83 bits per heavy atom. The van der Waals surface area contributed by atoms with Crippen LogP contribution < -0.4 is 15.2 Å². The lowest BCUT2D eigenvalue weighted by molar-refractivity contribution is 0.217. The smallest absolute Gasteiger partial charge is 0.165 e. The fourth-order valence-electron chi connectivity index (χ4n) is 2.54. The summed E-state index contributed by atoms with van der Waals surface area (Å²) in [5.74, 6) is 1.52. The summed E-state index contributed by atoms with van der Waals surface area (Å²) in [6.07, 6.45) is 3.90. The molecular formula is C14H22N2O2. The number of methoxy groups -OCH3 is 2. The number of nitrogens with two attached hydrogens (primary N) is 1. The molecule has 4 nitrogen and oxygen atoms in total. The minimum absolute atomic E-state index is 0.713. The van der Waals surface area contributed by atoms with Crippen molar-refractivity contribution < 1.29 is 9.47 Å². The standard InChI is InChI=1S/C14H22N2O2/c1-17-13-9-12(15)8-11(14(13)18-2)10-16-6-4-3-5-7-16/h8-9H,3-7,10,15H2,1-2H3. The molecule has 0 aliphatic carbocycles. The van der Waals surface area contributed by atoms with Gasteiger partial charge in [0.25, 0.3) is 0 Å². The van der Waals surface area contributed by atoms with E-state index in [1.54, 1.807) is 20.3 Å². The monoisotopic (exact) mass is 250 g/mol. The Bertz CT molecular complexity index is 401. The van der Waals surface area contributed by atoms with Gasteiger partial charge in [-0.05, 0) is 32.0 Å². The van der Waals surface area contributed by atoms with Gasteiger partial charge in [-0.1, -0.05) is 6.42 Å². The maximum absolute atomic E-state index is 5.91. The third kappa shape index (κ3) is 2.88. The summed E-state index contributed by atoms with van der Waals surface area (Å²) in [6.45, 7) is 3.19. The van der Waals surface area contributed by atoms with Gasteiger partial charge < -0.3 is 15.2 Å². The molecule has 2 N–H and O–H groups in total. The summed E-state index contributed by atoms with van der Waals surface area (Å²) in [7, 11) is 3.32. The molecule has 0 unspecified atom stereocenters. The highest BCUT2D eigenvalue weighted by molar-refractivity contribution is 5.57. The highest BCUT2D eigenvalue weighted by Gasteiger charge is 2.16. The summed E-state index contributed by atoms with van der Waals surface area (Å²) >= 11 is 0. The zero-order chi connectivity index (χ0) is 13.0. The first-order valence-corrected chi connectivity index (χ1v) is 6.47. The van der Waals surface area contributed by atoms with Crippen LogP contribution in [0.5, 0.6) is 11.5 Å². The van der Waals surface area contributed by atoms with E-state index >= 15 is 0 Å². The van der Waals surface area contributed by atoms with E-state index in [4.69, 9.17) is 15.2 Å². The Morgan fingerprint density at radius 1 is 1.11 bits per heavy atom. The van der Waals surface area contributed by atoms with Crippen LogP contribution in [0.15, 0.2) is 12.1 Å². The normalized spacial score (nSPS) is 16.6. The van der Waals surface area contributed by atoms with Crippen molar-refractivity contribution in [2.24, 2.45) is 0 Å². The van der Waals surface area contributed by atoms with Gasteiger partial charge in [0.15, 0.2) is 11.5 Å². The lowest BCUT2D eigenvalue weighted by Gasteiger charge is -2.27. The lowest BCUT2D eigenvalue weighted by Crippen LogP contribution is -2.29. The van der Waals surface area contributed by atoms with Crippen LogP contribution in [0.3, 0.4) is 0 Å². The number of hydrogen-bond donors (Lipinski definition) is 1. The molecule has 1 aliphatic heterocycles. The molecule has 0 saturated carbocycles. The summed E-state index contributed by atoms with van der Waals surface area (Å²) in [6, 6.07) is 3.79. The van der Waals surface area contributed by atoms with Crippen LogP contribution >= 0.6 is 0 Å². The van der Waals surface area contributed by atoms with Crippen LogP contribution in [0.4, 0.5) is 5.69 Å². The van der Waals surface area contributed by atoms with E-state index < -0.39 is 0 Å². The van der Waals surface area contributed by atoms with Crippen molar-refractivity contribution in [3.8, 4) is 11.5 Å². The van der Waals surface area contributed by atoms with Gasteiger partial charge in [0.2, 0.25) is 0 Å². The molecule has 0 bridgehead atoms. The van der Waals surface area contributed by atoms with Gasteiger partial charge >= 0.3 is 0 Å². The second-order valence-electron chi connectivity index (χ2n) is 4.75. The van der Waals surface area contributed by atoms with Crippen molar-refractivity contribution in [3.63, 3.8) is 0 Å². The first-order chi connectivity index (χ1) is 8.74. The molecule has 1 aliphatic rings. The Kier molecular flexibility index (Phi) is 4.31. The van der Waals surface area contributed by atoms with Crippen molar-refractivity contribution in [2.75, 3.05) is 33.0 Å². The van der Waals surface area contributed by atoms with Crippen LogP contribution in [-0.2, 0) is 6.54 Å². The maximum Gasteiger partial charge on any atom is 0.165 e. The fraction of sp³-hybridized carbons (Fsp3) is 0.571. The lowest BCUT2D eigenvalue weighted by atomic mass is 10.1. The molecule has 0 amide bonds. The second kappa shape index (κ2) is 5.96. The number of rotatable bonds is 4. The molecule has 0 spiro atoms. The third-order valence-corrected chi connectivity index (χ3v) is 3.42. The van der Waals surface area contributed by atoms with E-state index in [0.717, 1.165) is 36.6 Å². The molecule has 4 heteroatoms. The summed E-state index contributed by atoms with van der Waals surface area (Å²) < 4.78 is 10.8. The Labute approximate surface area is 109 Å². The van der Waals surface area contributed by atoms with Crippen LogP contribution in [0, 0.1) is 0 Å². The minimum atomic E-state index is 0.713. The zero-order valence-electron chi connectivity index (χ0n) is 11.2. The number of nitrogen functional groups attached to an aromatic ring is 1. The average Bonchev–Trinajstić information content (AvgIpc) is 2.39. The minimum Gasteiger partial charge on any atom is -0.493 e. The van der Waals surface area contributed by atoms with E-state index in [1.165, 1.54) is 19.3 Å². The molecule has 0 radical (unpaired) electrons. The van der Waals surface area contributed by atoms with Crippen LogP contribution in [0.1, 0.15) is 24.8 Å². The molecule has 0 aromatic heterocycles. The molecule has 1 heterocycles. The number of piperidine rings is 1. The molecule has 1 aromatic rings. The summed E-state index contributed by atoms with van der Waals surface area (Å²) in [4.78, 5) is 2.44. The van der Waals surface area contributed by atoms with Gasteiger partial charge in [-0.15, -0.1) is 0 Å². The highest BCUT2D eigenvalue weighted by atomic mass is 16.5. The molecule has 1 aromatic carbocycles. The van der Waals surface area contributed by atoms with Crippen molar-refractivity contribution >= 4 is 5.69 Å². The van der Waals surface area contributed by atoms with Crippen molar-refractivity contribution in [1.29, 1.82) is 0 Å². The molecule has 1 fully saturated rings. The van der Waals surface area contributed by atoms with E-state index in [9.17, 15) is 0 Å². The van der Waals surface area contributed by atoms with Gasteiger partial charge in [0.1, 0.15) is 0 Å². The second-order valence-corrected chi connectivity index (χ2v) is 4.75. The molecule has 18 heavy (non-hydrogen) atoms. The van der Waals surface area contributed by atoms with E-state index in [0.29, 0.717) is 5.75 Å². The number of ether oxygens (including phenoxy) is 2. The molecular weight excluding hydrogens is 228 g/mol. The van der Waals surface area contributed by atoms with Gasteiger partial charge in [0.05, 0.1) is 14.2 Å². The number of likely N-dealkylation sites (tertiary alicyclic amines) is 1. The number of nitrogens with zero attached hydrogens (tertiary/aromatic N) is 1. The SMILES string of the molecule is COc1cc(N)cc(CN2CCCCC2)c1OC. The van der Waals surface area contributed by atoms with Crippen molar-refractivity contribution in [2.45, 2.75) is 25.8 Å². The van der Waals surface area contributed by atoms with E-state index in [-0.39, 0.29) is 0 Å². The average molecular weight is 250 g/mol.